The standard InChI is InChI=1S/C18H23N3O/c1-20-11-15(10-19-20)12-21-8-7-18(14-21)9-17(13-22-18)16-5-3-2-4-6-16/h2-6,10-11,17H,7-9,12-14H2,1H3/t17-,18+/m0/s1. The fourth-order valence-corrected chi connectivity index (χ4v) is 3.94. The molecule has 2 aromatic rings. The molecule has 4 heteroatoms. The number of aromatic nitrogens is 2. The predicted octanol–water partition coefficient (Wildman–Crippen LogP) is 2.57. The van der Waals surface area contributed by atoms with Crippen LogP contribution in [0.15, 0.2) is 42.7 Å². The van der Waals surface area contributed by atoms with Crippen LogP contribution in [0.25, 0.3) is 0 Å². The van der Waals surface area contributed by atoms with Crippen LogP contribution in [0.1, 0.15) is 29.9 Å². The number of hydrogen-bond acceptors (Lipinski definition) is 3. The molecule has 22 heavy (non-hydrogen) atoms. The SMILES string of the molecule is Cn1cc(CN2CC[C@@]3(C[C@H](c4ccccc4)CO3)C2)cn1. The van der Waals surface area contributed by atoms with Gasteiger partial charge >= 0.3 is 0 Å². The minimum atomic E-state index is 0.0721. The van der Waals surface area contributed by atoms with Crippen LogP contribution >= 0.6 is 0 Å². The van der Waals surface area contributed by atoms with Crippen molar-refractivity contribution in [3.8, 4) is 0 Å². The van der Waals surface area contributed by atoms with E-state index >= 15 is 0 Å². The second kappa shape index (κ2) is 5.52. The van der Waals surface area contributed by atoms with Gasteiger partial charge in [0.15, 0.2) is 0 Å². The van der Waals surface area contributed by atoms with Crippen molar-refractivity contribution in [1.29, 1.82) is 0 Å². The molecule has 2 atom stereocenters. The number of hydrogen-bond donors (Lipinski definition) is 0. The van der Waals surface area contributed by atoms with Gasteiger partial charge < -0.3 is 4.74 Å². The predicted molar refractivity (Wildman–Crippen MR) is 85.6 cm³/mol. The summed E-state index contributed by atoms with van der Waals surface area (Å²) in [5.74, 6) is 0.555. The van der Waals surface area contributed by atoms with Crippen molar-refractivity contribution in [3.05, 3.63) is 53.9 Å². The number of nitrogens with zero attached hydrogens (tertiary/aromatic N) is 3. The largest absolute Gasteiger partial charge is 0.373 e. The Morgan fingerprint density at radius 1 is 1.32 bits per heavy atom. The first-order chi connectivity index (χ1) is 10.7. The summed E-state index contributed by atoms with van der Waals surface area (Å²) in [5, 5.41) is 4.26. The third kappa shape index (κ3) is 2.69. The Bertz CT molecular complexity index is 639. The van der Waals surface area contributed by atoms with Crippen LogP contribution in [0.2, 0.25) is 0 Å². The summed E-state index contributed by atoms with van der Waals surface area (Å²) in [4.78, 5) is 2.50. The third-order valence-corrected chi connectivity index (χ3v) is 5.04. The molecule has 1 aromatic heterocycles. The van der Waals surface area contributed by atoms with Gasteiger partial charge in [0.05, 0.1) is 18.4 Å². The highest BCUT2D eigenvalue weighted by atomic mass is 16.5. The average molecular weight is 297 g/mol. The first-order valence-electron chi connectivity index (χ1n) is 8.11. The summed E-state index contributed by atoms with van der Waals surface area (Å²) in [6.45, 7) is 4.02. The Kier molecular flexibility index (Phi) is 3.51. The van der Waals surface area contributed by atoms with Gasteiger partial charge in [0.2, 0.25) is 0 Å². The van der Waals surface area contributed by atoms with Gasteiger partial charge in [0, 0.05) is 44.4 Å². The molecule has 0 aliphatic carbocycles. The van der Waals surface area contributed by atoms with E-state index in [0.717, 1.165) is 39.1 Å². The maximum atomic E-state index is 6.28. The smallest absolute Gasteiger partial charge is 0.0828 e. The fourth-order valence-electron chi connectivity index (χ4n) is 3.94. The van der Waals surface area contributed by atoms with Crippen LogP contribution in [0.3, 0.4) is 0 Å². The van der Waals surface area contributed by atoms with E-state index in [9.17, 15) is 0 Å². The normalized spacial score (nSPS) is 28.7. The van der Waals surface area contributed by atoms with Gasteiger partial charge in [0.25, 0.3) is 0 Å². The molecule has 0 radical (unpaired) electrons. The summed E-state index contributed by atoms with van der Waals surface area (Å²) in [7, 11) is 1.97. The minimum Gasteiger partial charge on any atom is -0.373 e. The van der Waals surface area contributed by atoms with Crippen molar-refractivity contribution in [2.45, 2.75) is 30.9 Å². The Hall–Kier alpha value is -1.65. The number of likely N-dealkylation sites (tertiary alicyclic amines) is 1. The minimum absolute atomic E-state index is 0.0721. The molecule has 1 aromatic carbocycles. The molecule has 1 spiro atoms. The Morgan fingerprint density at radius 3 is 2.95 bits per heavy atom. The molecule has 2 saturated heterocycles. The molecule has 0 bridgehead atoms. The molecular weight excluding hydrogens is 274 g/mol. The van der Waals surface area contributed by atoms with Crippen LogP contribution < -0.4 is 0 Å². The zero-order valence-electron chi connectivity index (χ0n) is 13.1. The van der Waals surface area contributed by atoms with Crippen molar-refractivity contribution in [3.63, 3.8) is 0 Å². The topological polar surface area (TPSA) is 30.3 Å². The van der Waals surface area contributed by atoms with E-state index in [2.05, 4.69) is 46.5 Å². The zero-order valence-corrected chi connectivity index (χ0v) is 13.1. The molecule has 0 saturated carbocycles. The Labute approximate surface area is 131 Å². The van der Waals surface area contributed by atoms with E-state index in [1.54, 1.807) is 0 Å². The molecule has 2 aliphatic heterocycles. The molecule has 2 fully saturated rings. The number of benzene rings is 1. The summed E-state index contributed by atoms with van der Waals surface area (Å²) < 4.78 is 8.15. The molecule has 4 nitrogen and oxygen atoms in total. The molecule has 2 aliphatic rings. The van der Waals surface area contributed by atoms with Gasteiger partial charge in [-0.1, -0.05) is 30.3 Å². The van der Waals surface area contributed by atoms with Crippen LogP contribution in [0.5, 0.6) is 0 Å². The van der Waals surface area contributed by atoms with Crippen molar-refractivity contribution < 1.29 is 4.74 Å². The van der Waals surface area contributed by atoms with E-state index < -0.39 is 0 Å². The van der Waals surface area contributed by atoms with E-state index in [4.69, 9.17) is 4.74 Å². The lowest BCUT2D eigenvalue weighted by molar-refractivity contribution is 0.0118. The van der Waals surface area contributed by atoms with Crippen molar-refractivity contribution >= 4 is 0 Å². The lowest BCUT2D eigenvalue weighted by Gasteiger charge is -2.23. The molecule has 0 N–H and O–H groups in total. The van der Waals surface area contributed by atoms with Crippen molar-refractivity contribution in [2.75, 3.05) is 19.7 Å². The first kappa shape index (κ1) is 14.0. The third-order valence-electron chi connectivity index (χ3n) is 5.04. The second-order valence-corrected chi connectivity index (χ2v) is 6.79. The zero-order chi connectivity index (χ0) is 15.0. The summed E-state index contributed by atoms with van der Waals surface area (Å²) in [6.07, 6.45) is 6.37. The van der Waals surface area contributed by atoms with Gasteiger partial charge in [0.1, 0.15) is 0 Å². The van der Waals surface area contributed by atoms with Crippen LogP contribution in [0, 0.1) is 0 Å². The van der Waals surface area contributed by atoms with E-state index in [1.807, 2.05) is 17.9 Å². The quantitative estimate of drug-likeness (QED) is 0.872. The second-order valence-electron chi connectivity index (χ2n) is 6.79. The van der Waals surface area contributed by atoms with Crippen LogP contribution in [-0.4, -0.2) is 40.0 Å². The van der Waals surface area contributed by atoms with Gasteiger partial charge in [-0.25, -0.2) is 0 Å². The van der Waals surface area contributed by atoms with Gasteiger partial charge in [-0.15, -0.1) is 0 Å². The van der Waals surface area contributed by atoms with E-state index in [1.165, 1.54) is 11.1 Å². The van der Waals surface area contributed by atoms with E-state index in [0.29, 0.717) is 5.92 Å². The first-order valence-corrected chi connectivity index (χ1v) is 8.11. The highest BCUT2D eigenvalue weighted by Gasteiger charge is 2.45. The molecule has 3 heterocycles. The average Bonchev–Trinajstić information content (AvgIpc) is 3.24. The molecular formula is C18H23N3O. The summed E-state index contributed by atoms with van der Waals surface area (Å²) in [6, 6.07) is 10.8. The highest BCUT2D eigenvalue weighted by Crippen LogP contribution is 2.42. The summed E-state index contributed by atoms with van der Waals surface area (Å²) >= 11 is 0. The van der Waals surface area contributed by atoms with Crippen molar-refractivity contribution in [1.82, 2.24) is 14.7 Å². The number of ether oxygens (including phenoxy) is 1. The monoisotopic (exact) mass is 297 g/mol. The highest BCUT2D eigenvalue weighted by molar-refractivity contribution is 5.22. The Morgan fingerprint density at radius 2 is 2.18 bits per heavy atom. The van der Waals surface area contributed by atoms with Gasteiger partial charge in [-0.3, -0.25) is 9.58 Å². The Balaban J connectivity index is 1.40. The number of rotatable bonds is 3. The lowest BCUT2D eigenvalue weighted by Crippen LogP contribution is -2.32. The van der Waals surface area contributed by atoms with Crippen LogP contribution in [0.4, 0.5) is 0 Å². The number of aryl methyl sites for hydroxylation is 1. The molecule has 0 unspecified atom stereocenters. The van der Waals surface area contributed by atoms with E-state index in [-0.39, 0.29) is 5.60 Å². The van der Waals surface area contributed by atoms with Gasteiger partial charge in [-0.05, 0) is 18.4 Å². The van der Waals surface area contributed by atoms with Crippen molar-refractivity contribution in [2.24, 2.45) is 7.05 Å². The fraction of sp³-hybridized carbons (Fsp3) is 0.500. The maximum Gasteiger partial charge on any atom is 0.0828 e. The van der Waals surface area contributed by atoms with Gasteiger partial charge in [-0.2, -0.15) is 5.10 Å². The van der Waals surface area contributed by atoms with Crippen LogP contribution in [-0.2, 0) is 18.3 Å². The maximum absolute atomic E-state index is 6.28. The lowest BCUT2D eigenvalue weighted by atomic mass is 9.89. The molecule has 116 valence electrons. The molecule has 4 rings (SSSR count). The molecule has 0 amide bonds. The summed E-state index contributed by atoms with van der Waals surface area (Å²) in [5.41, 5.74) is 2.78.